The third-order valence-electron chi connectivity index (χ3n) is 5.46. The average Bonchev–Trinajstić information content (AvgIpc) is 2.87. The predicted molar refractivity (Wildman–Crippen MR) is 128 cm³/mol. The first-order chi connectivity index (χ1) is 16.5. The number of esters is 1. The van der Waals surface area contributed by atoms with Crippen LogP contribution in [-0.2, 0) is 19.1 Å². The Bertz CT molecular complexity index is 1010. The summed E-state index contributed by atoms with van der Waals surface area (Å²) in [5, 5.41) is 2.88. The fourth-order valence-electron chi connectivity index (χ4n) is 3.72. The number of nitrogens with one attached hydrogen (secondary N) is 1. The first-order valence-corrected chi connectivity index (χ1v) is 11.3. The molecule has 2 amide bonds. The van der Waals surface area contributed by atoms with Crippen LogP contribution in [-0.4, -0.2) is 62.3 Å². The van der Waals surface area contributed by atoms with Crippen LogP contribution in [0.5, 0.6) is 5.75 Å². The fourth-order valence-corrected chi connectivity index (χ4v) is 3.72. The Morgan fingerprint density at radius 1 is 1.00 bits per heavy atom. The standard InChI is InChI=1S/C26H30N2O6/c1-3-33-26(31)28-15-13-21(14-16-28)27-24(29)18-34-25(30)22(19-9-5-4-6-10-19)17-20-11-7-8-12-23(20)32-2/h4-12,17,21H,3,13-16,18H2,1-2H3,(H,27,29)/b22-17+. The lowest BCUT2D eigenvalue weighted by molar-refractivity contribution is -0.143. The summed E-state index contributed by atoms with van der Waals surface area (Å²) in [7, 11) is 1.56. The molecule has 0 radical (unpaired) electrons. The zero-order valence-corrected chi connectivity index (χ0v) is 19.5. The second-order valence-electron chi connectivity index (χ2n) is 7.77. The van der Waals surface area contributed by atoms with Gasteiger partial charge in [0, 0.05) is 24.7 Å². The zero-order valence-electron chi connectivity index (χ0n) is 19.5. The molecule has 0 atom stereocenters. The van der Waals surface area contributed by atoms with Gasteiger partial charge >= 0.3 is 12.1 Å². The van der Waals surface area contributed by atoms with Gasteiger partial charge in [0.2, 0.25) is 0 Å². The van der Waals surface area contributed by atoms with E-state index < -0.39 is 12.6 Å². The molecule has 2 aromatic carbocycles. The minimum absolute atomic E-state index is 0.0883. The molecule has 1 aliphatic heterocycles. The van der Waals surface area contributed by atoms with Gasteiger partial charge in [-0.25, -0.2) is 9.59 Å². The van der Waals surface area contributed by atoms with E-state index in [2.05, 4.69) is 5.32 Å². The second-order valence-corrected chi connectivity index (χ2v) is 7.77. The Morgan fingerprint density at radius 2 is 1.68 bits per heavy atom. The molecule has 1 aliphatic rings. The Kier molecular flexibility index (Phi) is 9.08. The highest BCUT2D eigenvalue weighted by Gasteiger charge is 2.25. The van der Waals surface area contributed by atoms with Crippen LogP contribution in [0.4, 0.5) is 4.79 Å². The van der Waals surface area contributed by atoms with Crippen molar-refractivity contribution >= 4 is 29.6 Å². The molecule has 1 saturated heterocycles. The van der Waals surface area contributed by atoms with Crippen LogP contribution < -0.4 is 10.1 Å². The fraction of sp³-hybridized carbons (Fsp3) is 0.346. The van der Waals surface area contributed by atoms with Crippen LogP contribution in [0.1, 0.15) is 30.9 Å². The number of ether oxygens (including phenoxy) is 3. The van der Waals surface area contributed by atoms with Crippen molar-refractivity contribution in [2.24, 2.45) is 0 Å². The number of rotatable bonds is 8. The Hall–Kier alpha value is -3.81. The monoisotopic (exact) mass is 466 g/mol. The molecule has 0 saturated carbocycles. The molecule has 1 heterocycles. The normalized spacial score (nSPS) is 14.3. The predicted octanol–water partition coefficient (Wildman–Crippen LogP) is 3.52. The topological polar surface area (TPSA) is 94.2 Å². The lowest BCUT2D eigenvalue weighted by Crippen LogP contribution is -2.47. The van der Waals surface area contributed by atoms with Gasteiger partial charge in [0.1, 0.15) is 5.75 Å². The average molecular weight is 467 g/mol. The summed E-state index contributed by atoms with van der Waals surface area (Å²) in [6.45, 7) is 2.71. The van der Waals surface area contributed by atoms with Gasteiger partial charge in [0.25, 0.3) is 5.91 Å². The smallest absolute Gasteiger partial charge is 0.409 e. The van der Waals surface area contributed by atoms with Crippen molar-refractivity contribution in [3.63, 3.8) is 0 Å². The van der Waals surface area contributed by atoms with Gasteiger partial charge in [-0.15, -0.1) is 0 Å². The number of likely N-dealkylation sites (tertiary alicyclic amines) is 1. The van der Waals surface area contributed by atoms with Crippen molar-refractivity contribution in [2.75, 3.05) is 33.4 Å². The Labute approximate surface area is 199 Å². The van der Waals surface area contributed by atoms with E-state index in [1.165, 1.54) is 0 Å². The maximum atomic E-state index is 13.0. The number of para-hydroxylation sites is 1. The molecule has 180 valence electrons. The SMILES string of the molecule is CCOC(=O)N1CCC(NC(=O)COC(=O)/C(=C/c2ccccc2OC)c2ccccc2)CC1. The minimum atomic E-state index is -0.607. The van der Waals surface area contributed by atoms with E-state index in [1.54, 1.807) is 43.2 Å². The van der Waals surface area contributed by atoms with E-state index in [1.807, 2.05) is 36.4 Å². The van der Waals surface area contributed by atoms with Gasteiger partial charge in [0.15, 0.2) is 6.61 Å². The molecule has 0 unspecified atom stereocenters. The maximum Gasteiger partial charge on any atom is 0.409 e. The molecule has 3 rings (SSSR count). The van der Waals surface area contributed by atoms with Crippen molar-refractivity contribution in [3.8, 4) is 5.75 Å². The van der Waals surface area contributed by atoms with Crippen LogP contribution in [0.2, 0.25) is 0 Å². The Morgan fingerprint density at radius 3 is 2.35 bits per heavy atom. The van der Waals surface area contributed by atoms with Gasteiger partial charge in [-0.2, -0.15) is 0 Å². The number of hydrogen-bond donors (Lipinski definition) is 1. The van der Waals surface area contributed by atoms with Crippen molar-refractivity contribution in [3.05, 3.63) is 65.7 Å². The maximum absolute atomic E-state index is 13.0. The number of hydrogen-bond acceptors (Lipinski definition) is 6. The molecule has 0 bridgehead atoms. The van der Waals surface area contributed by atoms with E-state index in [0.717, 1.165) is 5.56 Å². The minimum Gasteiger partial charge on any atom is -0.496 e. The van der Waals surface area contributed by atoms with Gasteiger partial charge in [-0.3, -0.25) is 4.79 Å². The second kappa shape index (κ2) is 12.4. The summed E-state index contributed by atoms with van der Waals surface area (Å²) in [4.78, 5) is 38.8. The first-order valence-electron chi connectivity index (χ1n) is 11.3. The van der Waals surface area contributed by atoms with Crippen molar-refractivity contribution in [2.45, 2.75) is 25.8 Å². The zero-order chi connectivity index (χ0) is 24.3. The number of methoxy groups -OCH3 is 1. The molecule has 8 heteroatoms. The molecule has 2 aromatic rings. The summed E-state index contributed by atoms with van der Waals surface area (Å²) in [5.74, 6) is -0.368. The lowest BCUT2D eigenvalue weighted by atomic mass is 10.0. The van der Waals surface area contributed by atoms with Crippen molar-refractivity contribution < 1.29 is 28.6 Å². The molecule has 0 spiro atoms. The number of benzene rings is 2. The van der Waals surface area contributed by atoms with Crippen LogP contribution in [0.3, 0.4) is 0 Å². The van der Waals surface area contributed by atoms with Crippen LogP contribution in [0, 0.1) is 0 Å². The van der Waals surface area contributed by atoms with Crippen molar-refractivity contribution in [1.82, 2.24) is 10.2 Å². The van der Waals surface area contributed by atoms with Crippen LogP contribution >= 0.6 is 0 Å². The van der Waals surface area contributed by atoms with Gasteiger partial charge in [-0.05, 0) is 37.5 Å². The van der Waals surface area contributed by atoms with Crippen molar-refractivity contribution in [1.29, 1.82) is 0 Å². The number of carbonyl (C=O) groups excluding carboxylic acids is 3. The highest BCUT2D eigenvalue weighted by Crippen LogP contribution is 2.25. The first kappa shape index (κ1) is 24.8. The lowest BCUT2D eigenvalue weighted by Gasteiger charge is -2.31. The summed E-state index contributed by atoms with van der Waals surface area (Å²) in [6.07, 6.45) is 2.58. The Balaban J connectivity index is 1.60. The molecular weight excluding hydrogens is 436 g/mol. The van der Waals surface area contributed by atoms with Gasteiger partial charge < -0.3 is 24.4 Å². The molecule has 1 N–H and O–H groups in total. The molecular formula is C26H30N2O6. The van der Waals surface area contributed by atoms with Gasteiger partial charge in [-0.1, -0.05) is 48.5 Å². The quantitative estimate of drug-likeness (QED) is 0.364. The molecule has 8 nitrogen and oxygen atoms in total. The number of carbonyl (C=O) groups is 3. The van der Waals surface area contributed by atoms with Crippen LogP contribution in [0.15, 0.2) is 54.6 Å². The number of amides is 2. The molecule has 0 aliphatic carbocycles. The van der Waals surface area contributed by atoms with E-state index >= 15 is 0 Å². The van der Waals surface area contributed by atoms with Crippen LogP contribution in [0.25, 0.3) is 11.6 Å². The summed E-state index contributed by atoms with van der Waals surface area (Å²) in [6, 6.07) is 16.4. The van der Waals surface area contributed by atoms with Gasteiger partial charge in [0.05, 0.1) is 19.3 Å². The summed E-state index contributed by atoms with van der Waals surface area (Å²) in [5.41, 5.74) is 1.71. The third kappa shape index (κ3) is 6.84. The summed E-state index contributed by atoms with van der Waals surface area (Å²) >= 11 is 0. The highest BCUT2D eigenvalue weighted by atomic mass is 16.6. The number of piperidine rings is 1. The molecule has 0 aromatic heterocycles. The van der Waals surface area contributed by atoms with E-state index in [0.29, 0.717) is 49.4 Å². The largest absolute Gasteiger partial charge is 0.496 e. The van der Waals surface area contributed by atoms with E-state index in [-0.39, 0.29) is 18.0 Å². The van der Waals surface area contributed by atoms with E-state index in [4.69, 9.17) is 14.2 Å². The third-order valence-corrected chi connectivity index (χ3v) is 5.46. The number of nitrogens with zero attached hydrogens (tertiary/aromatic N) is 1. The molecule has 34 heavy (non-hydrogen) atoms. The van der Waals surface area contributed by atoms with E-state index in [9.17, 15) is 14.4 Å². The molecule has 1 fully saturated rings. The highest BCUT2D eigenvalue weighted by molar-refractivity contribution is 6.22. The summed E-state index contributed by atoms with van der Waals surface area (Å²) < 4.78 is 15.7.